The summed E-state index contributed by atoms with van der Waals surface area (Å²) >= 11 is 0. The number of carbonyl (C=O) groups excluding carboxylic acids is 2. The molecule has 1 aliphatic heterocycles. The van der Waals surface area contributed by atoms with E-state index >= 15 is 0 Å². The van der Waals surface area contributed by atoms with Crippen LogP contribution in [0.25, 0.3) is 0 Å². The molecule has 2 N–H and O–H groups in total. The Kier molecular flexibility index (Phi) is 5.70. The quantitative estimate of drug-likeness (QED) is 0.577. The van der Waals surface area contributed by atoms with Crippen LogP contribution in [0.2, 0.25) is 0 Å². The van der Waals surface area contributed by atoms with E-state index < -0.39 is 6.09 Å². The van der Waals surface area contributed by atoms with Crippen LogP contribution in [0.3, 0.4) is 0 Å². The van der Waals surface area contributed by atoms with Crippen LogP contribution in [0.15, 0.2) is 37.4 Å². The summed E-state index contributed by atoms with van der Waals surface area (Å²) in [4.78, 5) is 52.0. The number of hydrogen-bond acceptors (Lipinski definition) is 10. The molecule has 12 nitrogen and oxygen atoms in total. The Morgan fingerprint density at radius 1 is 0.970 bits per heavy atom. The van der Waals surface area contributed by atoms with Crippen molar-refractivity contribution in [2.75, 3.05) is 23.7 Å². The summed E-state index contributed by atoms with van der Waals surface area (Å²) in [6.45, 7) is 1.32. The third-order valence-electron chi connectivity index (χ3n) is 5.31. The Morgan fingerprint density at radius 2 is 1.73 bits per heavy atom. The van der Waals surface area contributed by atoms with Gasteiger partial charge in [-0.15, -0.1) is 0 Å². The predicted molar refractivity (Wildman–Crippen MR) is 116 cm³/mol. The van der Waals surface area contributed by atoms with Gasteiger partial charge in [-0.25, -0.2) is 34.7 Å². The average Bonchev–Trinajstić information content (AvgIpc) is 3.54. The van der Waals surface area contributed by atoms with Crippen molar-refractivity contribution in [3.63, 3.8) is 0 Å². The summed E-state index contributed by atoms with van der Waals surface area (Å²) in [6.07, 6.45) is 11.9. The van der Waals surface area contributed by atoms with E-state index in [9.17, 15) is 9.59 Å². The number of nitrogens with one attached hydrogen (secondary N) is 2. The fourth-order valence-electron chi connectivity index (χ4n) is 3.50. The Morgan fingerprint density at radius 3 is 2.48 bits per heavy atom. The van der Waals surface area contributed by atoms with Crippen LogP contribution in [0, 0.1) is 0 Å². The molecule has 0 bridgehead atoms. The summed E-state index contributed by atoms with van der Waals surface area (Å²) in [6, 6.07) is 0. The molecule has 33 heavy (non-hydrogen) atoms. The molecule has 168 valence electrons. The molecule has 2 fully saturated rings. The van der Waals surface area contributed by atoms with Gasteiger partial charge < -0.3 is 15.0 Å². The van der Waals surface area contributed by atoms with Crippen LogP contribution in [0.5, 0.6) is 5.88 Å². The number of likely N-dealkylation sites (tertiary alicyclic amines) is 1. The minimum Gasteiger partial charge on any atom is -0.387 e. The molecule has 0 atom stereocenters. The molecule has 1 aliphatic carbocycles. The highest BCUT2D eigenvalue weighted by atomic mass is 16.6. The van der Waals surface area contributed by atoms with Crippen LogP contribution >= 0.6 is 0 Å². The maximum Gasteiger partial charge on any atom is 0.418 e. The lowest BCUT2D eigenvalue weighted by Gasteiger charge is -2.16. The van der Waals surface area contributed by atoms with Gasteiger partial charge in [0.05, 0.1) is 41.9 Å². The van der Waals surface area contributed by atoms with Gasteiger partial charge in [0.15, 0.2) is 11.5 Å². The van der Waals surface area contributed by atoms with Crippen LogP contribution < -0.4 is 15.4 Å². The smallest absolute Gasteiger partial charge is 0.387 e. The van der Waals surface area contributed by atoms with Crippen molar-refractivity contribution >= 4 is 29.2 Å². The molecule has 2 amide bonds. The standard InChI is InChI=1S/C21H21N9O3/c31-20(30-5-1-2-6-30)17-16(9-24-12-26-17)29-21(32)33-19-18(27-14-7-22-11-23-8-14)25-10-15(28-19)13-3-4-13/h7-13H,1-6H2,(H,25,27)(H,29,32). The topological polar surface area (TPSA) is 148 Å². The Bertz CT molecular complexity index is 1160. The molecular formula is C21H21N9O3. The first kappa shape index (κ1) is 20.7. The van der Waals surface area contributed by atoms with Crippen molar-refractivity contribution in [1.29, 1.82) is 0 Å². The van der Waals surface area contributed by atoms with E-state index in [2.05, 4.69) is 40.5 Å². The summed E-state index contributed by atoms with van der Waals surface area (Å²) in [7, 11) is 0. The highest BCUT2D eigenvalue weighted by Crippen LogP contribution is 2.40. The van der Waals surface area contributed by atoms with Gasteiger partial charge in [-0.1, -0.05) is 0 Å². The first-order chi connectivity index (χ1) is 16.2. The number of rotatable bonds is 6. The summed E-state index contributed by atoms with van der Waals surface area (Å²) in [5.74, 6) is 0.295. The zero-order valence-electron chi connectivity index (χ0n) is 17.6. The van der Waals surface area contributed by atoms with E-state index in [0.717, 1.165) is 31.4 Å². The lowest BCUT2D eigenvalue weighted by molar-refractivity contribution is 0.0788. The zero-order chi connectivity index (χ0) is 22.6. The van der Waals surface area contributed by atoms with Crippen LogP contribution in [0.1, 0.15) is 47.8 Å². The van der Waals surface area contributed by atoms with Crippen LogP contribution in [-0.2, 0) is 0 Å². The van der Waals surface area contributed by atoms with Gasteiger partial charge in [0.25, 0.3) is 11.8 Å². The maximum atomic E-state index is 12.8. The van der Waals surface area contributed by atoms with Gasteiger partial charge in [-0.2, -0.15) is 0 Å². The molecule has 2 aliphatic rings. The molecule has 0 spiro atoms. The molecule has 3 aromatic heterocycles. The van der Waals surface area contributed by atoms with Crippen molar-refractivity contribution in [1.82, 2.24) is 34.8 Å². The molecule has 12 heteroatoms. The van der Waals surface area contributed by atoms with Crippen LogP contribution in [-0.4, -0.2) is 59.9 Å². The van der Waals surface area contributed by atoms with Gasteiger partial charge in [-0.3, -0.25) is 10.1 Å². The Labute approximate surface area is 188 Å². The molecule has 0 aromatic carbocycles. The van der Waals surface area contributed by atoms with Gasteiger partial charge in [-0.05, 0) is 25.7 Å². The molecular weight excluding hydrogens is 426 g/mol. The lowest BCUT2D eigenvalue weighted by Crippen LogP contribution is -2.30. The monoisotopic (exact) mass is 447 g/mol. The minimum absolute atomic E-state index is 0.00465. The highest BCUT2D eigenvalue weighted by Gasteiger charge is 2.28. The predicted octanol–water partition coefficient (Wildman–Crippen LogP) is 2.52. The molecule has 3 aromatic rings. The van der Waals surface area contributed by atoms with Gasteiger partial charge in [0, 0.05) is 19.0 Å². The molecule has 0 unspecified atom stereocenters. The van der Waals surface area contributed by atoms with E-state index in [1.165, 1.54) is 18.9 Å². The number of hydrogen-bond donors (Lipinski definition) is 2. The van der Waals surface area contributed by atoms with Crippen molar-refractivity contribution in [3.05, 3.63) is 48.8 Å². The third-order valence-corrected chi connectivity index (χ3v) is 5.31. The summed E-state index contributed by atoms with van der Waals surface area (Å²) in [5.41, 5.74) is 1.59. The van der Waals surface area contributed by atoms with E-state index in [4.69, 9.17) is 4.74 Å². The Hall–Kier alpha value is -4.22. The lowest BCUT2D eigenvalue weighted by atomic mass is 10.3. The fraction of sp³-hybridized carbons (Fsp3) is 0.333. The molecule has 1 saturated carbocycles. The zero-order valence-corrected chi connectivity index (χ0v) is 17.6. The van der Waals surface area contributed by atoms with E-state index in [1.54, 1.807) is 23.5 Å². The van der Waals surface area contributed by atoms with E-state index in [1.807, 2.05) is 0 Å². The summed E-state index contributed by atoms with van der Waals surface area (Å²) in [5, 5.41) is 5.57. The van der Waals surface area contributed by atoms with Gasteiger partial charge in [0.1, 0.15) is 12.7 Å². The largest absolute Gasteiger partial charge is 0.418 e. The first-order valence-electron chi connectivity index (χ1n) is 10.6. The number of nitrogens with zero attached hydrogens (tertiary/aromatic N) is 7. The average molecular weight is 447 g/mol. The number of aromatic nitrogens is 6. The number of amides is 2. The third kappa shape index (κ3) is 4.84. The minimum atomic E-state index is -0.838. The van der Waals surface area contributed by atoms with Crippen molar-refractivity contribution < 1.29 is 14.3 Å². The van der Waals surface area contributed by atoms with Crippen molar-refractivity contribution in [3.8, 4) is 5.88 Å². The van der Waals surface area contributed by atoms with E-state index in [0.29, 0.717) is 24.7 Å². The molecule has 1 saturated heterocycles. The first-order valence-corrected chi connectivity index (χ1v) is 10.6. The number of carbonyl (C=O) groups is 2. The van der Waals surface area contributed by atoms with Gasteiger partial charge in [0.2, 0.25) is 0 Å². The second-order valence-corrected chi connectivity index (χ2v) is 7.77. The molecule has 4 heterocycles. The molecule has 0 radical (unpaired) electrons. The highest BCUT2D eigenvalue weighted by molar-refractivity contribution is 6.01. The fourth-order valence-corrected chi connectivity index (χ4v) is 3.50. The maximum absolute atomic E-state index is 12.8. The number of ether oxygens (including phenoxy) is 1. The number of anilines is 3. The molecule has 5 rings (SSSR count). The van der Waals surface area contributed by atoms with Crippen molar-refractivity contribution in [2.45, 2.75) is 31.6 Å². The Balaban J connectivity index is 1.35. The second-order valence-electron chi connectivity index (χ2n) is 7.77. The second kappa shape index (κ2) is 9.10. The normalized spacial score (nSPS) is 15.2. The van der Waals surface area contributed by atoms with Crippen LogP contribution in [0.4, 0.5) is 22.0 Å². The van der Waals surface area contributed by atoms with E-state index in [-0.39, 0.29) is 29.0 Å². The SMILES string of the molecule is O=C(Nc1cncnc1C(=O)N1CCCC1)Oc1nc(C2CC2)cnc1Nc1cncnc1. The van der Waals surface area contributed by atoms with Crippen molar-refractivity contribution in [2.24, 2.45) is 0 Å². The summed E-state index contributed by atoms with van der Waals surface area (Å²) < 4.78 is 5.49. The van der Waals surface area contributed by atoms with Gasteiger partial charge >= 0.3 is 6.09 Å².